The van der Waals surface area contributed by atoms with Gasteiger partial charge in [-0.05, 0) is 26.0 Å². The van der Waals surface area contributed by atoms with Gasteiger partial charge in [0.05, 0.1) is 12.7 Å². The second kappa shape index (κ2) is 6.20. The average molecular weight is 238 g/mol. The van der Waals surface area contributed by atoms with Crippen LogP contribution < -0.4 is 4.90 Å². The summed E-state index contributed by atoms with van der Waals surface area (Å²) in [6.07, 6.45) is 1.12. The van der Waals surface area contributed by atoms with E-state index in [1.54, 1.807) is 44.1 Å². The number of anilines is 1. The van der Waals surface area contributed by atoms with Crippen molar-refractivity contribution < 1.29 is 14.6 Å². The molecule has 1 heterocycles. The molecule has 0 aliphatic carbocycles. The Morgan fingerprint density at radius 1 is 1.65 bits per heavy atom. The zero-order chi connectivity index (χ0) is 12.8. The summed E-state index contributed by atoms with van der Waals surface area (Å²) in [6.45, 7) is 4.17. The molecule has 1 atom stereocenters. The molecule has 0 amide bonds. The number of rotatable bonds is 5. The molecule has 1 rings (SSSR count). The molecule has 0 saturated carbocycles. The van der Waals surface area contributed by atoms with E-state index in [1.807, 2.05) is 0 Å². The molecular formula is C12H18N2O3. The second-order valence-electron chi connectivity index (χ2n) is 3.82. The number of carbonyl (C=O) groups excluding carboxylic acids is 1. The van der Waals surface area contributed by atoms with E-state index in [0.29, 0.717) is 24.5 Å². The molecule has 1 aromatic rings. The zero-order valence-electron chi connectivity index (χ0n) is 10.4. The van der Waals surface area contributed by atoms with Crippen molar-refractivity contribution in [1.29, 1.82) is 0 Å². The van der Waals surface area contributed by atoms with Gasteiger partial charge in [0.25, 0.3) is 0 Å². The van der Waals surface area contributed by atoms with Crippen LogP contribution in [0.4, 0.5) is 5.82 Å². The number of nitrogens with zero attached hydrogens (tertiary/aromatic N) is 2. The topological polar surface area (TPSA) is 62.7 Å². The molecule has 0 fully saturated rings. The second-order valence-corrected chi connectivity index (χ2v) is 3.82. The summed E-state index contributed by atoms with van der Waals surface area (Å²) in [6, 6.07) is 3.35. The largest absolute Gasteiger partial charge is 0.462 e. The first kappa shape index (κ1) is 13.4. The fraction of sp³-hybridized carbons (Fsp3) is 0.500. The minimum atomic E-state index is -0.489. The highest BCUT2D eigenvalue weighted by atomic mass is 16.5. The summed E-state index contributed by atoms with van der Waals surface area (Å²) in [5.74, 6) is 0.125. The lowest BCUT2D eigenvalue weighted by Gasteiger charge is -2.21. The van der Waals surface area contributed by atoms with Crippen LogP contribution in [0.1, 0.15) is 24.2 Å². The molecule has 5 nitrogen and oxygen atoms in total. The van der Waals surface area contributed by atoms with Crippen LogP contribution in [0.5, 0.6) is 0 Å². The van der Waals surface area contributed by atoms with Gasteiger partial charge in [-0.15, -0.1) is 0 Å². The average Bonchev–Trinajstić information content (AvgIpc) is 2.28. The highest BCUT2D eigenvalue weighted by molar-refractivity contribution is 5.94. The van der Waals surface area contributed by atoms with Gasteiger partial charge in [-0.25, -0.2) is 9.78 Å². The van der Waals surface area contributed by atoms with E-state index in [-0.39, 0.29) is 0 Å². The molecule has 1 aromatic heterocycles. The first-order valence-corrected chi connectivity index (χ1v) is 5.57. The Kier molecular flexibility index (Phi) is 4.90. The quantitative estimate of drug-likeness (QED) is 0.778. The number of hydrogen-bond donors (Lipinski definition) is 1. The lowest BCUT2D eigenvalue weighted by Crippen LogP contribution is -2.29. The van der Waals surface area contributed by atoms with Crippen molar-refractivity contribution in [3.63, 3.8) is 0 Å². The van der Waals surface area contributed by atoms with Crippen LogP contribution in [0.3, 0.4) is 0 Å². The van der Waals surface area contributed by atoms with Gasteiger partial charge < -0.3 is 14.7 Å². The third-order valence-corrected chi connectivity index (χ3v) is 2.18. The summed E-state index contributed by atoms with van der Waals surface area (Å²) in [5.41, 5.74) is 0.414. The highest BCUT2D eigenvalue weighted by Gasteiger charge is 2.16. The predicted octanol–water partition coefficient (Wildman–Crippen LogP) is 1.08. The van der Waals surface area contributed by atoms with Crippen LogP contribution in [0.15, 0.2) is 18.3 Å². The smallest absolute Gasteiger partial charge is 0.341 e. The molecule has 17 heavy (non-hydrogen) atoms. The molecule has 0 radical (unpaired) electrons. The first-order chi connectivity index (χ1) is 8.06. The summed E-state index contributed by atoms with van der Waals surface area (Å²) in [4.78, 5) is 17.6. The Morgan fingerprint density at radius 2 is 2.35 bits per heavy atom. The molecular weight excluding hydrogens is 220 g/mol. The zero-order valence-corrected chi connectivity index (χ0v) is 10.4. The maximum atomic E-state index is 11.7. The molecule has 1 N–H and O–H groups in total. The highest BCUT2D eigenvalue weighted by Crippen LogP contribution is 2.17. The number of carbonyl (C=O) groups is 1. The number of likely N-dealkylation sites (N-methyl/N-ethyl adjacent to an activating group) is 1. The number of hydrogen-bond acceptors (Lipinski definition) is 5. The predicted molar refractivity (Wildman–Crippen MR) is 65.1 cm³/mol. The Bertz CT molecular complexity index is 380. The van der Waals surface area contributed by atoms with E-state index >= 15 is 0 Å². The van der Waals surface area contributed by atoms with Gasteiger partial charge in [-0.3, -0.25) is 0 Å². The molecule has 0 aliphatic rings. The number of ether oxygens (including phenoxy) is 1. The maximum Gasteiger partial charge on any atom is 0.341 e. The van der Waals surface area contributed by atoms with Crippen molar-refractivity contribution in [2.45, 2.75) is 20.0 Å². The van der Waals surface area contributed by atoms with Gasteiger partial charge in [0, 0.05) is 19.8 Å². The summed E-state index contributed by atoms with van der Waals surface area (Å²) in [5, 5.41) is 9.33. The van der Waals surface area contributed by atoms with Gasteiger partial charge in [0.2, 0.25) is 0 Å². The minimum Gasteiger partial charge on any atom is -0.462 e. The van der Waals surface area contributed by atoms with Crippen molar-refractivity contribution in [3.8, 4) is 0 Å². The van der Waals surface area contributed by atoms with E-state index in [1.165, 1.54) is 0 Å². The number of esters is 1. The van der Waals surface area contributed by atoms with Gasteiger partial charge >= 0.3 is 5.97 Å². The first-order valence-electron chi connectivity index (χ1n) is 5.57. The number of pyridine rings is 1. The van der Waals surface area contributed by atoms with Gasteiger partial charge in [-0.1, -0.05) is 0 Å². The molecule has 1 unspecified atom stereocenters. The molecule has 0 bridgehead atoms. The van der Waals surface area contributed by atoms with Crippen molar-refractivity contribution in [1.82, 2.24) is 4.98 Å². The molecule has 0 aliphatic heterocycles. The molecule has 0 aromatic carbocycles. The maximum absolute atomic E-state index is 11.7. The van der Waals surface area contributed by atoms with E-state index < -0.39 is 12.1 Å². The lowest BCUT2D eigenvalue weighted by atomic mass is 10.2. The lowest BCUT2D eigenvalue weighted by molar-refractivity contribution is 0.0526. The molecule has 94 valence electrons. The van der Waals surface area contributed by atoms with Crippen LogP contribution in [-0.4, -0.2) is 42.4 Å². The molecule has 5 heteroatoms. The van der Waals surface area contributed by atoms with Crippen molar-refractivity contribution in [2.24, 2.45) is 0 Å². The molecule has 0 saturated heterocycles. The summed E-state index contributed by atoms with van der Waals surface area (Å²) < 4.78 is 4.96. The third-order valence-electron chi connectivity index (χ3n) is 2.18. The van der Waals surface area contributed by atoms with E-state index in [4.69, 9.17) is 4.74 Å². The van der Waals surface area contributed by atoms with E-state index in [9.17, 15) is 9.90 Å². The Hall–Kier alpha value is -1.62. The fourth-order valence-electron chi connectivity index (χ4n) is 1.55. The van der Waals surface area contributed by atoms with Crippen molar-refractivity contribution in [3.05, 3.63) is 23.9 Å². The number of aliphatic hydroxyl groups excluding tert-OH is 1. The van der Waals surface area contributed by atoms with Gasteiger partial charge in [0.15, 0.2) is 0 Å². The van der Waals surface area contributed by atoms with Gasteiger partial charge in [-0.2, -0.15) is 0 Å². The molecule has 0 spiro atoms. The normalized spacial score (nSPS) is 12.0. The summed E-state index contributed by atoms with van der Waals surface area (Å²) >= 11 is 0. The van der Waals surface area contributed by atoms with E-state index in [2.05, 4.69) is 4.98 Å². The number of aliphatic hydroxyl groups is 1. The Balaban J connectivity index is 2.94. The Morgan fingerprint density at radius 3 is 2.94 bits per heavy atom. The van der Waals surface area contributed by atoms with Gasteiger partial charge in [0.1, 0.15) is 11.4 Å². The standard InChI is InChI=1S/C12H18N2O3/c1-4-17-12(16)10-6-5-7-13-11(10)14(3)8-9(2)15/h5-7,9,15H,4,8H2,1-3H3. The van der Waals surface area contributed by atoms with Crippen molar-refractivity contribution >= 4 is 11.8 Å². The van der Waals surface area contributed by atoms with E-state index in [0.717, 1.165) is 0 Å². The minimum absolute atomic E-state index is 0.327. The van der Waals surface area contributed by atoms with Crippen LogP contribution >= 0.6 is 0 Å². The van der Waals surface area contributed by atoms with Crippen LogP contribution in [0.2, 0.25) is 0 Å². The third kappa shape index (κ3) is 3.71. The number of aromatic nitrogens is 1. The SMILES string of the molecule is CCOC(=O)c1cccnc1N(C)CC(C)O. The van der Waals surface area contributed by atoms with Crippen LogP contribution in [0.25, 0.3) is 0 Å². The summed E-state index contributed by atoms with van der Waals surface area (Å²) in [7, 11) is 1.78. The van der Waals surface area contributed by atoms with Crippen molar-refractivity contribution in [2.75, 3.05) is 25.1 Å². The van der Waals surface area contributed by atoms with Crippen LogP contribution in [-0.2, 0) is 4.74 Å². The fourth-order valence-corrected chi connectivity index (χ4v) is 1.55. The Labute approximate surface area is 101 Å². The monoisotopic (exact) mass is 238 g/mol. The van der Waals surface area contributed by atoms with Crippen LogP contribution in [0, 0.1) is 0 Å².